The van der Waals surface area contributed by atoms with Crippen molar-refractivity contribution in [3.8, 4) is 5.75 Å². The van der Waals surface area contributed by atoms with Gasteiger partial charge in [0.15, 0.2) is 0 Å². The zero-order chi connectivity index (χ0) is 12.4. The molecule has 0 saturated heterocycles. The lowest BCUT2D eigenvalue weighted by atomic mass is 9.79. The van der Waals surface area contributed by atoms with Gasteiger partial charge in [0, 0.05) is 29.4 Å². The van der Waals surface area contributed by atoms with Gasteiger partial charge in [-0.15, -0.1) is 0 Å². The average Bonchev–Trinajstić information content (AvgIpc) is 2.20. The van der Waals surface area contributed by atoms with Gasteiger partial charge in [0.25, 0.3) is 0 Å². The maximum absolute atomic E-state index is 10.1. The van der Waals surface area contributed by atoms with Gasteiger partial charge in [0.1, 0.15) is 5.75 Å². The first-order chi connectivity index (χ1) is 8.13. The van der Waals surface area contributed by atoms with Gasteiger partial charge in [-0.05, 0) is 32.6 Å². The summed E-state index contributed by atoms with van der Waals surface area (Å²) in [5.41, 5.74) is 3.07. The van der Waals surface area contributed by atoms with Crippen LogP contribution in [0.1, 0.15) is 36.1 Å². The predicted molar refractivity (Wildman–Crippen MR) is 67.3 cm³/mol. The minimum Gasteiger partial charge on any atom is -0.496 e. The quantitative estimate of drug-likeness (QED) is 0.871. The number of aliphatic hydroxyl groups excluding tert-OH is 1. The third kappa shape index (κ3) is 2.44. The molecule has 1 unspecified atom stereocenters. The molecule has 94 valence electrons. The fourth-order valence-electron chi connectivity index (χ4n) is 2.47. The molecule has 1 aromatic heterocycles. The number of pyridine rings is 1. The number of methoxy groups -OCH3 is 1. The van der Waals surface area contributed by atoms with Crippen molar-refractivity contribution in [2.75, 3.05) is 7.11 Å². The second-order valence-electron chi connectivity index (χ2n) is 5.01. The summed E-state index contributed by atoms with van der Waals surface area (Å²) in [6.45, 7) is 4.01. The Labute approximate surface area is 103 Å². The Morgan fingerprint density at radius 3 is 2.71 bits per heavy atom. The highest BCUT2D eigenvalue weighted by atomic mass is 16.5. The van der Waals surface area contributed by atoms with Crippen LogP contribution in [0, 0.1) is 19.8 Å². The Hall–Kier alpha value is -1.09. The highest BCUT2D eigenvalue weighted by molar-refractivity contribution is 5.41. The van der Waals surface area contributed by atoms with E-state index in [9.17, 15) is 5.11 Å². The van der Waals surface area contributed by atoms with Gasteiger partial charge < -0.3 is 9.84 Å². The van der Waals surface area contributed by atoms with E-state index in [0.717, 1.165) is 35.4 Å². The molecule has 0 amide bonds. The molecule has 1 N–H and O–H groups in total. The third-order valence-corrected chi connectivity index (χ3v) is 3.85. The predicted octanol–water partition coefficient (Wildman–Crippen LogP) is 2.41. The standard InChI is InChI=1S/C14H21NO2/c1-9-8-15-12(10(2)14(9)17-3)7-13(16)11-5-4-6-11/h8,11,13,16H,4-7H2,1-3H3. The fraction of sp³-hybridized carbons (Fsp3) is 0.643. The highest BCUT2D eigenvalue weighted by Gasteiger charge is 2.26. The van der Waals surface area contributed by atoms with E-state index in [1.165, 1.54) is 6.42 Å². The van der Waals surface area contributed by atoms with Crippen LogP contribution in [0.4, 0.5) is 0 Å². The van der Waals surface area contributed by atoms with Crippen LogP contribution in [-0.2, 0) is 6.42 Å². The van der Waals surface area contributed by atoms with E-state index in [-0.39, 0.29) is 6.10 Å². The largest absolute Gasteiger partial charge is 0.496 e. The molecule has 1 atom stereocenters. The third-order valence-electron chi connectivity index (χ3n) is 3.85. The van der Waals surface area contributed by atoms with Crippen LogP contribution in [0.15, 0.2) is 6.20 Å². The van der Waals surface area contributed by atoms with Crippen molar-refractivity contribution < 1.29 is 9.84 Å². The molecule has 3 nitrogen and oxygen atoms in total. The molecule has 0 bridgehead atoms. The lowest BCUT2D eigenvalue weighted by molar-refractivity contribution is 0.0621. The van der Waals surface area contributed by atoms with Crippen molar-refractivity contribution in [3.63, 3.8) is 0 Å². The van der Waals surface area contributed by atoms with E-state index in [0.29, 0.717) is 12.3 Å². The van der Waals surface area contributed by atoms with Crippen molar-refractivity contribution in [2.24, 2.45) is 5.92 Å². The minimum absolute atomic E-state index is 0.248. The molecule has 1 aromatic rings. The van der Waals surface area contributed by atoms with E-state index in [2.05, 4.69) is 4.98 Å². The van der Waals surface area contributed by atoms with Gasteiger partial charge in [0.05, 0.1) is 13.2 Å². The number of aryl methyl sites for hydroxylation is 1. The second kappa shape index (κ2) is 5.05. The Morgan fingerprint density at radius 1 is 1.47 bits per heavy atom. The molecular weight excluding hydrogens is 214 g/mol. The first kappa shape index (κ1) is 12.4. The SMILES string of the molecule is COc1c(C)cnc(CC(O)C2CCC2)c1C. The summed E-state index contributed by atoms with van der Waals surface area (Å²) in [6, 6.07) is 0. The van der Waals surface area contributed by atoms with Crippen LogP contribution in [0.5, 0.6) is 5.75 Å². The van der Waals surface area contributed by atoms with Crippen LogP contribution in [0.3, 0.4) is 0 Å². The Morgan fingerprint density at radius 2 is 2.18 bits per heavy atom. The van der Waals surface area contributed by atoms with E-state index in [1.54, 1.807) is 7.11 Å². The Bertz CT molecular complexity index is 399. The number of hydrogen-bond acceptors (Lipinski definition) is 3. The van der Waals surface area contributed by atoms with Gasteiger partial charge in [-0.3, -0.25) is 4.98 Å². The summed E-state index contributed by atoms with van der Waals surface area (Å²) in [5, 5.41) is 10.1. The van der Waals surface area contributed by atoms with E-state index in [1.807, 2.05) is 20.0 Å². The zero-order valence-electron chi connectivity index (χ0n) is 10.9. The Kier molecular flexibility index (Phi) is 3.67. The molecule has 0 spiro atoms. The molecule has 1 aliphatic rings. The number of ether oxygens (including phenoxy) is 1. The van der Waals surface area contributed by atoms with Crippen LogP contribution in [-0.4, -0.2) is 23.3 Å². The summed E-state index contributed by atoms with van der Waals surface area (Å²) >= 11 is 0. The Balaban J connectivity index is 2.15. The molecule has 1 aliphatic carbocycles. The van der Waals surface area contributed by atoms with Gasteiger partial charge >= 0.3 is 0 Å². The number of aliphatic hydroxyl groups is 1. The molecule has 1 fully saturated rings. The van der Waals surface area contributed by atoms with Crippen molar-refractivity contribution in [1.82, 2.24) is 4.98 Å². The van der Waals surface area contributed by atoms with E-state index in [4.69, 9.17) is 4.74 Å². The van der Waals surface area contributed by atoms with Gasteiger partial charge in [0.2, 0.25) is 0 Å². The summed E-state index contributed by atoms with van der Waals surface area (Å²) in [4.78, 5) is 4.43. The van der Waals surface area contributed by atoms with Gasteiger partial charge in [-0.2, -0.15) is 0 Å². The monoisotopic (exact) mass is 235 g/mol. The van der Waals surface area contributed by atoms with E-state index >= 15 is 0 Å². The van der Waals surface area contributed by atoms with Crippen molar-refractivity contribution >= 4 is 0 Å². The lowest BCUT2D eigenvalue weighted by Gasteiger charge is -2.30. The fourth-order valence-corrected chi connectivity index (χ4v) is 2.47. The molecule has 1 saturated carbocycles. The maximum atomic E-state index is 10.1. The normalized spacial score (nSPS) is 17.6. The molecule has 3 heteroatoms. The van der Waals surface area contributed by atoms with Crippen LogP contribution in [0.25, 0.3) is 0 Å². The number of aromatic nitrogens is 1. The van der Waals surface area contributed by atoms with Crippen LogP contribution < -0.4 is 4.74 Å². The number of nitrogens with zero attached hydrogens (tertiary/aromatic N) is 1. The van der Waals surface area contributed by atoms with Gasteiger partial charge in [-0.1, -0.05) is 6.42 Å². The average molecular weight is 235 g/mol. The summed E-state index contributed by atoms with van der Waals surface area (Å²) in [7, 11) is 1.68. The minimum atomic E-state index is -0.248. The molecule has 0 aromatic carbocycles. The zero-order valence-corrected chi connectivity index (χ0v) is 10.9. The molecule has 2 rings (SSSR count). The van der Waals surface area contributed by atoms with Crippen molar-refractivity contribution in [2.45, 2.75) is 45.6 Å². The first-order valence-electron chi connectivity index (χ1n) is 6.30. The van der Waals surface area contributed by atoms with Gasteiger partial charge in [-0.25, -0.2) is 0 Å². The number of hydrogen-bond donors (Lipinski definition) is 1. The molecule has 0 radical (unpaired) electrons. The van der Waals surface area contributed by atoms with Crippen LogP contribution in [0.2, 0.25) is 0 Å². The highest BCUT2D eigenvalue weighted by Crippen LogP contribution is 2.32. The van der Waals surface area contributed by atoms with Crippen molar-refractivity contribution in [3.05, 3.63) is 23.0 Å². The second-order valence-corrected chi connectivity index (χ2v) is 5.01. The summed E-state index contributed by atoms with van der Waals surface area (Å²) < 4.78 is 5.38. The first-order valence-corrected chi connectivity index (χ1v) is 6.30. The molecule has 0 aliphatic heterocycles. The summed E-state index contributed by atoms with van der Waals surface area (Å²) in [6.07, 6.45) is 5.79. The summed E-state index contributed by atoms with van der Waals surface area (Å²) in [5.74, 6) is 1.37. The topological polar surface area (TPSA) is 42.4 Å². The van der Waals surface area contributed by atoms with Crippen LogP contribution >= 0.6 is 0 Å². The maximum Gasteiger partial charge on any atom is 0.128 e. The number of rotatable bonds is 4. The molecule has 17 heavy (non-hydrogen) atoms. The lowest BCUT2D eigenvalue weighted by Crippen LogP contribution is -2.29. The van der Waals surface area contributed by atoms with E-state index < -0.39 is 0 Å². The van der Waals surface area contributed by atoms with Crippen molar-refractivity contribution in [1.29, 1.82) is 0 Å². The molecule has 1 heterocycles. The molecular formula is C14H21NO2. The smallest absolute Gasteiger partial charge is 0.128 e.